The molecule has 8 heteroatoms. The third-order valence-corrected chi connectivity index (χ3v) is 5.72. The van der Waals surface area contributed by atoms with E-state index in [1.54, 1.807) is 18.2 Å². The van der Waals surface area contributed by atoms with Crippen LogP contribution in [0.4, 0.5) is 10.5 Å². The third kappa shape index (κ3) is 4.05. The number of anilines is 1. The zero-order chi connectivity index (χ0) is 18.8. The normalized spacial score (nSPS) is 20.1. The van der Waals surface area contributed by atoms with Crippen LogP contribution in [-0.4, -0.2) is 53.8 Å². The van der Waals surface area contributed by atoms with Gasteiger partial charge in [0.15, 0.2) is 0 Å². The number of carbonyl (C=O) groups is 2. The molecule has 0 aliphatic carbocycles. The summed E-state index contributed by atoms with van der Waals surface area (Å²) in [6, 6.07) is 11.3. The van der Waals surface area contributed by atoms with Gasteiger partial charge in [0.1, 0.15) is 5.76 Å². The van der Waals surface area contributed by atoms with Crippen molar-refractivity contribution in [3.63, 3.8) is 0 Å². The number of nitrogens with zero attached hydrogens (tertiary/aromatic N) is 3. The Labute approximate surface area is 166 Å². The number of rotatable bonds is 4. The lowest BCUT2D eigenvalue weighted by atomic mass is 10.2. The second kappa shape index (κ2) is 7.80. The molecule has 2 aliphatic heterocycles. The van der Waals surface area contributed by atoms with E-state index in [0.717, 1.165) is 48.7 Å². The van der Waals surface area contributed by atoms with Gasteiger partial charge in [-0.1, -0.05) is 17.7 Å². The van der Waals surface area contributed by atoms with Gasteiger partial charge in [-0.2, -0.15) is 0 Å². The summed E-state index contributed by atoms with van der Waals surface area (Å²) in [5.74, 6) is 0.300. The molecule has 2 fully saturated rings. The van der Waals surface area contributed by atoms with Gasteiger partial charge in [-0.15, -0.1) is 0 Å². The standard InChI is InChI=1S/C19H18ClN3O3S/c20-14-3-1-4-15(11-14)22-8-6-21(7-9-22)13-23-18(24)17(27-19(23)25)12-16-5-2-10-26-16/h1-5,10-12H,6-9,13H2. The summed E-state index contributed by atoms with van der Waals surface area (Å²) in [4.78, 5) is 30.9. The molecule has 0 spiro atoms. The summed E-state index contributed by atoms with van der Waals surface area (Å²) in [6.45, 7) is 3.48. The van der Waals surface area contributed by atoms with Crippen molar-refractivity contribution in [3.8, 4) is 0 Å². The highest BCUT2D eigenvalue weighted by atomic mass is 35.5. The van der Waals surface area contributed by atoms with Gasteiger partial charge in [-0.3, -0.25) is 19.4 Å². The highest BCUT2D eigenvalue weighted by Crippen LogP contribution is 2.32. The summed E-state index contributed by atoms with van der Waals surface area (Å²) in [6.07, 6.45) is 3.15. The summed E-state index contributed by atoms with van der Waals surface area (Å²) in [7, 11) is 0. The molecule has 3 heterocycles. The maximum Gasteiger partial charge on any atom is 0.294 e. The minimum Gasteiger partial charge on any atom is -0.465 e. The van der Waals surface area contributed by atoms with Gasteiger partial charge in [0, 0.05) is 43.0 Å². The van der Waals surface area contributed by atoms with Crippen LogP contribution in [0.5, 0.6) is 0 Å². The number of benzene rings is 1. The average Bonchev–Trinajstić information content (AvgIpc) is 3.27. The summed E-state index contributed by atoms with van der Waals surface area (Å²) in [5.41, 5.74) is 1.09. The predicted molar refractivity (Wildman–Crippen MR) is 107 cm³/mol. The number of carbonyl (C=O) groups excluding carboxylic acids is 2. The van der Waals surface area contributed by atoms with Crippen LogP contribution in [0.3, 0.4) is 0 Å². The lowest BCUT2D eigenvalue weighted by Crippen LogP contribution is -2.50. The second-order valence-corrected chi connectivity index (χ2v) is 7.78. The van der Waals surface area contributed by atoms with Crippen LogP contribution in [0.25, 0.3) is 6.08 Å². The van der Waals surface area contributed by atoms with Crippen molar-refractivity contribution in [2.45, 2.75) is 0 Å². The molecule has 2 amide bonds. The lowest BCUT2D eigenvalue weighted by molar-refractivity contribution is -0.124. The predicted octanol–water partition coefficient (Wildman–Crippen LogP) is 3.75. The van der Waals surface area contributed by atoms with Crippen LogP contribution >= 0.6 is 23.4 Å². The summed E-state index contributed by atoms with van der Waals surface area (Å²) in [5, 5.41) is 0.478. The molecular formula is C19H18ClN3O3S. The highest BCUT2D eigenvalue weighted by Gasteiger charge is 2.36. The second-order valence-electron chi connectivity index (χ2n) is 6.35. The molecule has 0 radical (unpaired) electrons. The molecule has 140 valence electrons. The number of halogens is 1. The van der Waals surface area contributed by atoms with Crippen LogP contribution in [-0.2, 0) is 4.79 Å². The van der Waals surface area contributed by atoms with Gasteiger partial charge in [-0.25, -0.2) is 0 Å². The third-order valence-electron chi connectivity index (χ3n) is 4.58. The number of imide groups is 1. The Bertz CT molecular complexity index is 876. The Balaban J connectivity index is 1.36. The lowest BCUT2D eigenvalue weighted by Gasteiger charge is -2.37. The van der Waals surface area contributed by atoms with E-state index in [2.05, 4.69) is 9.80 Å². The van der Waals surface area contributed by atoms with Crippen molar-refractivity contribution in [2.75, 3.05) is 37.7 Å². The zero-order valence-electron chi connectivity index (χ0n) is 14.5. The van der Waals surface area contributed by atoms with Crippen LogP contribution in [0, 0.1) is 0 Å². The van der Waals surface area contributed by atoms with Crippen molar-refractivity contribution in [1.29, 1.82) is 0 Å². The molecule has 27 heavy (non-hydrogen) atoms. The Hall–Kier alpha value is -2.22. The van der Waals surface area contributed by atoms with Crippen LogP contribution < -0.4 is 4.90 Å². The molecule has 1 aromatic carbocycles. The number of hydrogen-bond acceptors (Lipinski definition) is 6. The first-order valence-electron chi connectivity index (χ1n) is 8.62. The topological polar surface area (TPSA) is 57.0 Å². The fraction of sp³-hybridized carbons (Fsp3) is 0.263. The van der Waals surface area contributed by atoms with E-state index < -0.39 is 0 Å². The number of furan rings is 1. The van der Waals surface area contributed by atoms with Gasteiger partial charge in [0.25, 0.3) is 11.1 Å². The van der Waals surface area contributed by atoms with E-state index in [0.29, 0.717) is 17.3 Å². The van der Waals surface area contributed by atoms with Crippen LogP contribution in [0.15, 0.2) is 52.0 Å². The van der Waals surface area contributed by atoms with Gasteiger partial charge in [0.2, 0.25) is 0 Å². The first-order chi connectivity index (χ1) is 13.1. The molecule has 0 atom stereocenters. The average molecular weight is 404 g/mol. The molecule has 4 rings (SSSR count). The maximum atomic E-state index is 12.6. The van der Waals surface area contributed by atoms with Crippen LogP contribution in [0.1, 0.15) is 5.76 Å². The molecule has 0 saturated carbocycles. The minimum atomic E-state index is -0.265. The summed E-state index contributed by atoms with van der Waals surface area (Å²) < 4.78 is 5.23. The number of thioether (sulfide) groups is 1. The van der Waals surface area contributed by atoms with Gasteiger partial charge in [-0.05, 0) is 42.1 Å². The Kier molecular flexibility index (Phi) is 5.24. The number of hydrogen-bond donors (Lipinski definition) is 0. The monoisotopic (exact) mass is 403 g/mol. The largest absolute Gasteiger partial charge is 0.465 e. The van der Waals surface area contributed by atoms with Crippen LogP contribution in [0.2, 0.25) is 5.02 Å². The molecule has 1 aromatic heterocycles. The fourth-order valence-electron chi connectivity index (χ4n) is 3.14. The van der Waals surface area contributed by atoms with Gasteiger partial charge < -0.3 is 9.32 Å². The highest BCUT2D eigenvalue weighted by molar-refractivity contribution is 8.18. The molecule has 6 nitrogen and oxygen atoms in total. The molecule has 2 aliphatic rings. The van der Waals surface area contributed by atoms with E-state index in [-0.39, 0.29) is 11.1 Å². The zero-order valence-corrected chi connectivity index (χ0v) is 16.1. The Morgan fingerprint density at radius 2 is 1.93 bits per heavy atom. The molecule has 0 unspecified atom stereocenters. The number of amides is 2. The van der Waals surface area contributed by atoms with E-state index >= 15 is 0 Å². The van der Waals surface area contributed by atoms with Crippen molar-refractivity contribution in [1.82, 2.24) is 9.80 Å². The first-order valence-corrected chi connectivity index (χ1v) is 9.81. The molecule has 2 saturated heterocycles. The molecule has 0 N–H and O–H groups in total. The van der Waals surface area contributed by atoms with E-state index in [4.69, 9.17) is 16.0 Å². The fourth-order valence-corrected chi connectivity index (χ4v) is 4.14. The molecular weight excluding hydrogens is 386 g/mol. The quantitative estimate of drug-likeness (QED) is 0.725. The van der Waals surface area contributed by atoms with E-state index in [9.17, 15) is 9.59 Å². The van der Waals surface area contributed by atoms with Crippen molar-refractivity contribution in [3.05, 3.63) is 58.3 Å². The SMILES string of the molecule is O=C1SC(=Cc2ccco2)C(=O)N1CN1CCN(c2cccc(Cl)c2)CC1. The molecule has 0 bridgehead atoms. The van der Waals surface area contributed by atoms with E-state index in [1.807, 2.05) is 24.3 Å². The number of piperazine rings is 1. The smallest absolute Gasteiger partial charge is 0.294 e. The molecule has 2 aromatic rings. The van der Waals surface area contributed by atoms with E-state index in [1.165, 1.54) is 11.2 Å². The first kappa shape index (κ1) is 18.2. The van der Waals surface area contributed by atoms with Crippen molar-refractivity contribution >= 4 is 46.3 Å². The van der Waals surface area contributed by atoms with Gasteiger partial charge >= 0.3 is 0 Å². The Morgan fingerprint density at radius 1 is 1.11 bits per heavy atom. The van der Waals surface area contributed by atoms with Crippen molar-refractivity contribution in [2.24, 2.45) is 0 Å². The minimum absolute atomic E-state index is 0.241. The maximum absolute atomic E-state index is 12.6. The Morgan fingerprint density at radius 3 is 2.63 bits per heavy atom. The van der Waals surface area contributed by atoms with Gasteiger partial charge in [0.05, 0.1) is 17.8 Å². The van der Waals surface area contributed by atoms with Crippen molar-refractivity contribution < 1.29 is 14.0 Å². The summed E-state index contributed by atoms with van der Waals surface area (Å²) >= 11 is 7.02.